The summed E-state index contributed by atoms with van der Waals surface area (Å²) >= 11 is 17.3. The summed E-state index contributed by atoms with van der Waals surface area (Å²) in [6.45, 7) is 0. The molecule has 2 rings (SSSR count). The molecule has 0 bridgehead atoms. The SMILES string of the molecule is OB(OF)c1cccc(NC(=S)Nc2ccccc2Cl)c1Cl. The fraction of sp³-hybridized carbons (Fsp3) is 0. The summed E-state index contributed by atoms with van der Waals surface area (Å²) in [5.74, 6) is 0. The summed E-state index contributed by atoms with van der Waals surface area (Å²) in [4.78, 5) is 3.37. The maximum absolute atomic E-state index is 12.1. The maximum Gasteiger partial charge on any atom is 0.531 e. The highest BCUT2D eigenvalue weighted by molar-refractivity contribution is 7.80. The first-order valence-corrected chi connectivity index (χ1v) is 7.25. The van der Waals surface area contributed by atoms with Gasteiger partial charge in [0, 0.05) is 5.46 Å². The van der Waals surface area contributed by atoms with Crippen molar-refractivity contribution in [2.45, 2.75) is 0 Å². The normalized spacial score (nSPS) is 10.2. The third-order valence-electron chi connectivity index (χ3n) is 2.75. The second kappa shape index (κ2) is 7.76. The molecule has 0 amide bonds. The van der Waals surface area contributed by atoms with E-state index in [9.17, 15) is 9.55 Å². The Kier molecular flexibility index (Phi) is 5.99. The van der Waals surface area contributed by atoms with Crippen molar-refractivity contribution >= 4 is 64.5 Å². The molecular weight excluding hydrogens is 349 g/mol. The van der Waals surface area contributed by atoms with Gasteiger partial charge in [-0.25, -0.2) is 4.86 Å². The van der Waals surface area contributed by atoms with Gasteiger partial charge < -0.3 is 15.7 Å². The van der Waals surface area contributed by atoms with Gasteiger partial charge in [-0.1, -0.05) is 52.0 Å². The van der Waals surface area contributed by atoms with Crippen molar-refractivity contribution in [2.75, 3.05) is 10.6 Å². The maximum atomic E-state index is 12.1. The summed E-state index contributed by atoms with van der Waals surface area (Å²) in [6.07, 6.45) is 0. The molecule has 22 heavy (non-hydrogen) atoms. The molecule has 0 radical (unpaired) electrons. The van der Waals surface area contributed by atoms with E-state index in [4.69, 9.17) is 35.4 Å². The third-order valence-corrected chi connectivity index (χ3v) is 3.70. The van der Waals surface area contributed by atoms with E-state index < -0.39 is 7.12 Å². The molecule has 0 aliphatic rings. The van der Waals surface area contributed by atoms with Crippen molar-refractivity contribution < 1.29 is 14.4 Å². The van der Waals surface area contributed by atoms with Crippen molar-refractivity contribution in [3.63, 3.8) is 0 Å². The zero-order chi connectivity index (χ0) is 16.1. The standard InChI is InChI=1S/C13H10BCl2FN2O2S/c15-9-5-1-2-6-10(9)18-13(22)19-11-7-3-4-8(12(11)16)14(20)21-17/h1-7,20H,(H2,18,19,22). The molecule has 4 nitrogen and oxygen atoms in total. The van der Waals surface area contributed by atoms with E-state index >= 15 is 0 Å². The molecule has 0 aromatic heterocycles. The number of benzene rings is 2. The molecule has 0 aliphatic heterocycles. The van der Waals surface area contributed by atoms with Gasteiger partial charge in [0.1, 0.15) is 0 Å². The average Bonchev–Trinajstić information content (AvgIpc) is 2.51. The number of para-hydroxylation sites is 1. The number of hydrogen-bond donors (Lipinski definition) is 3. The largest absolute Gasteiger partial charge is 0.531 e. The molecule has 0 atom stereocenters. The van der Waals surface area contributed by atoms with E-state index in [-0.39, 0.29) is 15.6 Å². The predicted octanol–water partition coefficient (Wildman–Crippen LogP) is 3.39. The zero-order valence-corrected chi connectivity index (χ0v) is 13.3. The number of anilines is 2. The lowest BCUT2D eigenvalue weighted by Gasteiger charge is -2.14. The van der Waals surface area contributed by atoms with Crippen LogP contribution in [0.4, 0.5) is 15.9 Å². The predicted molar refractivity (Wildman–Crippen MR) is 92.5 cm³/mol. The summed E-state index contributed by atoms with van der Waals surface area (Å²) in [6, 6.07) is 11.7. The fourth-order valence-electron chi connectivity index (χ4n) is 1.72. The summed E-state index contributed by atoms with van der Waals surface area (Å²) in [5.41, 5.74) is 1.09. The van der Waals surface area contributed by atoms with Crippen molar-refractivity contribution in [3.05, 3.63) is 52.5 Å². The molecule has 0 heterocycles. The summed E-state index contributed by atoms with van der Waals surface area (Å²) in [5, 5.41) is 16.0. The van der Waals surface area contributed by atoms with Crippen LogP contribution in [0.15, 0.2) is 42.5 Å². The van der Waals surface area contributed by atoms with E-state index in [1.807, 2.05) is 0 Å². The fourth-order valence-corrected chi connectivity index (χ4v) is 2.39. The Balaban J connectivity index is 2.14. The molecule has 0 fully saturated rings. The van der Waals surface area contributed by atoms with E-state index in [1.165, 1.54) is 6.07 Å². The van der Waals surface area contributed by atoms with Gasteiger partial charge in [-0.05, 0) is 30.4 Å². The second-order valence-electron chi connectivity index (χ2n) is 4.21. The number of rotatable bonds is 4. The van der Waals surface area contributed by atoms with Crippen LogP contribution in [0.3, 0.4) is 0 Å². The molecule has 9 heteroatoms. The van der Waals surface area contributed by atoms with Gasteiger partial charge in [0.15, 0.2) is 5.11 Å². The molecule has 0 spiro atoms. The lowest BCUT2D eigenvalue weighted by Crippen LogP contribution is -2.33. The third kappa shape index (κ3) is 4.09. The topological polar surface area (TPSA) is 53.5 Å². The zero-order valence-electron chi connectivity index (χ0n) is 11.0. The van der Waals surface area contributed by atoms with E-state index in [2.05, 4.69) is 15.5 Å². The molecule has 3 N–H and O–H groups in total. The van der Waals surface area contributed by atoms with Crippen LogP contribution in [-0.4, -0.2) is 17.3 Å². The molecular formula is C13H10BCl2FN2O2S. The lowest BCUT2D eigenvalue weighted by molar-refractivity contribution is -0.0267. The molecule has 0 saturated heterocycles. The first-order valence-electron chi connectivity index (χ1n) is 6.09. The Morgan fingerprint density at radius 1 is 1.09 bits per heavy atom. The Labute approximate surface area is 142 Å². The minimum Gasteiger partial charge on any atom is -0.421 e. The van der Waals surface area contributed by atoms with Gasteiger partial charge in [0.25, 0.3) is 0 Å². The van der Waals surface area contributed by atoms with Gasteiger partial charge in [0.05, 0.1) is 21.4 Å². The van der Waals surface area contributed by atoms with Crippen LogP contribution < -0.4 is 16.1 Å². The van der Waals surface area contributed by atoms with E-state index in [0.717, 1.165) is 0 Å². The van der Waals surface area contributed by atoms with E-state index in [1.54, 1.807) is 36.4 Å². The Bertz CT molecular complexity index is 693. The first kappa shape index (κ1) is 17.0. The highest BCUT2D eigenvalue weighted by Gasteiger charge is 2.22. The van der Waals surface area contributed by atoms with Crippen LogP contribution in [0.5, 0.6) is 0 Å². The van der Waals surface area contributed by atoms with Crippen LogP contribution >= 0.6 is 35.4 Å². The Morgan fingerprint density at radius 3 is 2.41 bits per heavy atom. The Hall–Kier alpha value is -1.38. The molecule has 2 aromatic rings. The van der Waals surface area contributed by atoms with Crippen molar-refractivity contribution in [2.24, 2.45) is 0 Å². The van der Waals surface area contributed by atoms with Crippen LogP contribution in [0.25, 0.3) is 0 Å². The smallest absolute Gasteiger partial charge is 0.421 e. The van der Waals surface area contributed by atoms with Crippen LogP contribution in [0, 0.1) is 0 Å². The molecule has 114 valence electrons. The van der Waals surface area contributed by atoms with Crippen LogP contribution in [-0.2, 0) is 4.86 Å². The first-order chi connectivity index (χ1) is 10.5. The average molecular weight is 359 g/mol. The highest BCUT2D eigenvalue weighted by atomic mass is 35.5. The van der Waals surface area contributed by atoms with Crippen molar-refractivity contribution in [1.82, 2.24) is 0 Å². The molecule has 2 aromatic carbocycles. The second-order valence-corrected chi connectivity index (χ2v) is 5.40. The summed E-state index contributed by atoms with van der Waals surface area (Å²) < 4.78 is 12.1. The lowest BCUT2D eigenvalue weighted by atomic mass is 9.80. The van der Waals surface area contributed by atoms with Crippen LogP contribution in [0.1, 0.15) is 0 Å². The van der Waals surface area contributed by atoms with Crippen molar-refractivity contribution in [3.8, 4) is 0 Å². The molecule has 0 aliphatic carbocycles. The molecule has 0 saturated carbocycles. The summed E-state index contributed by atoms with van der Waals surface area (Å²) in [7, 11) is -1.76. The van der Waals surface area contributed by atoms with E-state index in [0.29, 0.717) is 16.4 Å². The van der Waals surface area contributed by atoms with Gasteiger partial charge in [-0.2, -0.15) is 0 Å². The minimum absolute atomic E-state index is 0.0784. The highest BCUT2D eigenvalue weighted by Crippen LogP contribution is 2.23. The van der Waals surface area contributed by atoms with Crippen LogP contribution in [0.2, 0.25) is 10.0 Å². The molecule has 0 unspecified atom stereocenters. The van der Waals surface area contributed by atoms with Gasteiger partial charge in [0.2, 0.25) is 0 Å². The number of hydrogen-bond acceptors (Lipinski definition) is 3. The monoisotopic (exact) mass is 358 g/mol. The minimum atomic E-state index is -1.76. The quantitative estimate of drug-likeness (QED) is 0.577. The van der Waals surface area contributed by atoms with Gasteiger partial charge in [-0.15, -0.1) is 0 Å². The number of halogens is 3. The van der Waals surface area contributed by atoms with Gasteiger partial charge in [-0.3, -0.25) is 0 Å². The Morgan fingerprint density at radius 2 is 1.73 bits per heavy atom. The number of thiocarbonyl (C=S) groups is 1. The van der Waals surface area contributed by atoms with Gasteiger partial charge >= 0.3 is 7.12 Å². The van der Waals surface area contributed by atoms with Crippen molar-refractivity contribution in [1.29, 1.82) is 0 Å². The number of nitrogens with one attached hydrogen (secondary N) is 2.